The maximum Gasteiger partial charge on any atom is 0.193 e. The average Bonchev–Trinajstić information content (AvgIpc) is 2.16. The first kappa shape index (κ1) is 13.8. The molecule has 1 unspecified atom stereocenters. The van der Waals surface area contributed by atoms with Gasteiger partial charge in [0.15, 0.2) is 3.79 Å². The summed E-state index contributed by atoms with van der Waals surface area (Å²) >= 11 is 19.2. The van der Waals surface area contributed by atoms with E-state index in [1.807, 2.05) is 30.3 Å². The molecule has 0 aliphatic rings. The molecule has 1 nitrogen and oxygen atoms in total. The van der Waals surface area contributed by atoms with Crippen LogP contribution < -0.4 is 0 Å². The zero-order valence-electron chi connectivity index (χ0n) is 7.76. The summed E-state index contributed by atoms with van der Waals surface area (Å²) < 4.78 is -0.974. The van der Waals surface area contributed by atoms with Gasteiger partial charge in [-0.3, -0.25) is 0 Å². The number of alkyl halides is 4. The number of hydrogen-bond acceptors (Lipinski definition) is 1. The van der Waals surface area contributed by atoms with Crippen molar-refractivity contribution >= 4 is 57.4 Å². The highest BCUT2D eigenvalue weighted by atomic mass is 127. The van der Waals surface area contributed by atoms with E-state index in [1.165, 1.54) is 0 Å². The summed E-state index contributed by atoms with van der Waals surface area (Å²) in [6.07, 6.45) is 0.0810. The van der Waals surface area contributed by atoms with Crippen LogP contribution in [0.3, 0.4) is 0 Å². The molecule has 1 atom stereocenters. The Morgan fingerprint density at radius 1 is 1.13 bits per heavy atom. The zero-order valence-corrected chi connectivity index (χ0v) is 12.2. The van der Waals surface area contributed by atoms with Crippen LogP contribution in [0, 0.1) is 0 Å². The normalized spacial score (nSPS) is 16.1. The van der Waals surface area contributed by atoms with Crippen LogP contribution in [0.5, 0.6) is 0 Å². The van der Waals surface area contributed by atoms with Gasteiger partial charge in [0.25, 0.3) is 0 Å². The second-order valence-corrected chi connectivity index (χ2v) is 6.60. The number of hydrogen-bond donors (Lipinski definition) is 1. The standard InChI is InChI=1S/C10H10Cl3IO/c11-10(12,13)6-9(15,7-14)8-4-2-1-3-5-8/h1-5,15H,6-7H2. The Bertz CT molecular complexity index is 312. The number of rotatable bonds is 3. The minimum absolute atomic E-state index is 0.0810. The fraction of sp³-hybridized carbons (Fsp3) is 0.400. The van der Waals surface area contributed by atoms with E-state index in [4.69, 9.17) is 34.8 Å². The van der Waals surface area contributed by atoms with Crippen molar-refractivity contribution in [3.8, 4) is 0 Å². The molecule has 0 aliphatic carbocycles. The van der Waals surface area contributed by atoms with E-state index < -0.39 is 9.39 Å². The smallest absolute Gasteiger partial charge is 0.193 e. The predicted molar refractivity (Wildman–Crippen MR) is 74.1 cm³/mol. The molecule has 0 aromatic heterocycles. The molecule has 0 radical (unpaired) electrons. The molecular weight excluding hydrogens is 369 g/mol. The van der Waals surface area contributed by atoms with Gasteiger partial charge in [-0.1, -0.05) is 87.7 Å². The van der Waals surface area contributed by atoms with Crippen LogP contribution >= 0.6 is 57.4 Å². The van der Waals surface area contributed by atoms with E-state index in [9.17, 15) is 5.11 Å². The largest absolute Gasteiger partial charge is 0.384 e. The molecule has 0 bridgehead atoms. The minimum Gasteiger partial charge on any atom is -0.384 e. The molecule has 0 saturated heterocycles. The fourth-order valence-corrected chi connectivity index (χ4v) is 2.68. The monoisotopic (exact) mass is 378 g/mol. The van der Waals surface area contributed by atoms with E-state index in [2.05, 4.69) is 22.6 Å². The summed E-state index contributed by atoms with van der Waals surface area (Å²) in [7, 11) is 0. The SMILES string of the molecule is OC(CI)(CC(Cl)(Cl)Cl)c1ccccc1. The quantitative estimate of drug-likeness (QED) is 0.620. The molecule has 0 amide bonds. The van der Waals surface area contributed by atoms with E-state index in [1.54, 1.807) is 0 Å². The molecule has 1 rings (SSSR count). The lowest BCUT2D eigenvalue weighted by Gasteiger charge is -2.29. The van der Waals surface area contributed by atoms with Crippen LogP contribution in [0.25, 0.3) is 0 Å². The molecule has 0 spiro atoms. The van der Waals surface area contributed by atoms with Crippen LogP contribution in [0.2, 0.25) is 0 Å². The number of aliphatic hydroxyl groups is 1. The lowest BCUT2D eigenvalue weighted by atomic mass is 9.93. The summed E-state index contributed by atoms with van der Waals surface area (Å²) in [5, 5.41) is 10.4. The lowest BCUT2D eigenvalue weighted by molar-refractivity contribution is 0.0575. The van der Waals surface area contributed by atoms with Gasteiger partial charge in [0.1, 0.15) is 5.60 Å². The Balaban J connectivity index is 2.96. The second-order valence-electron chi connectivity index (χ2n) is 3.32. The zero-order chi connectivity index (χ0) is 11.5. The number of halogens is 4. The summed E-state index contributed by atoms with van der Waals surface area (Å²) in [4.78, 5) is 0. The Kier molecular flexibility index (Phi) is 4.99. The van der Waals surface area contributed by atoms with Crippen molar-refractivity contribution in [2.45, 2.75) is 15.8 Å². The van der Waals surface area contributed by atoms with Crippen molar-refractivity contribution in [1.82, 2.24) is 0 Å². The topological polar surface area (TPSA) is 20.2 Å². The van der Waals surface area contributed by atoms with Gasteiger partial charge >= 0.3 is 0 Å². The molecule has 84 valence electrons. The molecule has 5 heteroatoms. The summed E-state index contributed by atoms with van der Waals surface area (Å²) in [6.45, 7) is 0. The van der Waals surface area contributed by atoms with Crippen LogP contribution in [0.1, 0.15) is 12.0 Å². The maximum atomic E-state index is 10.4. The molecule has 0 aliphatic heterocycles. The van der Waals surface area contributed by atoms with Crippen molar-refractivity contribution in [1.29, 1.82) is 0 Å². The predicted octanol–water partition coefficient (Wildman–Crippen LogP) is 4.07. The fourth-order valence-electron chi connectivity index (χ4n) is 1.31. The summed E-state index contributed by atoms with van der Waals surface area (Å²) in [5.74, 6) is 0. The average molecular weight is 379 g/mol. The van der Waals surface area contributed by atoms with Crippen LogP contribution in [0.4, 0.5) is 0 Å². The first-order valence-corrected chi connectivity index (χ1v) is 6.94. The molecule has 0 saturated carbocycles. The van der Waals surface area contributed by atoms with E-state index in [0.29, 0.717) is 4.43 Å². The highest BCUT2D eigenvalue weighted by Crippen LogP contribution is 2.40. The van der Waals surface area contributed by atoms with Crippen LogP contribution in [0.15, 0.2) is 30.3 Å². The van der Waals surface area contributed by atoms with Gasteiger partial charge in [-0.2, -0.15) is 0 Å². The molecule has 1 aromatic rings. The van der Waals surface area contributed by atoms with Crippen molar-refractivity contribution in [3.05, 3.63) is 35.9 Å². The molecular formula is C10H10Cl3IO. The first-order valence-electron chi connectivity index (χ1n) is 4.28. The van der Waals surface area contributed by atoms with Crippen molar-refractivity contribution < 1.29 is 5.11 Å². The third-order valence-corrected chi connectivity index (χ3v) is 3.69. The molecule has 1 N–H and O–H groups in total. The highest BCUT2D eigenvalue weighted by molar-refractivity contribution is 14.1. The summed E-state index contributed by atoms with van der Waals surface area (Å²) in [5.41, 5.74) is -0.321. The van der Waals surface area contributed by atoms with E-state index in [-0.39, 0.29) is 6.42 Å². The van der Waals surface area contributed by atoms with Crippen LogP contribution in [-0.4, -0.2) is 13.3 Å². The molecule has 15 heavy (non-hydrogen) atoms. The Morgan fingerprint density at radius 3 is 2.07 bits per heavy atom. The van der Waals surface area contributed by atoms with E-state index in [0.717, 1.165) is 5.56 Å². The van der Waals surface area contributed by atoms with Crippen molar-refractivity contribution in [3.63, 3.8) is 0 Å². The van der Waals surface area contributed by atoms with Gasteiger partial charge < -0.3 is 5.11 Å². The van der Waals surface area contributed by atoms with Crippen LogP contribution in [-0.2, 0) is 5.60 Å². The minimum atomic E-state index is -1.45. The summed E-state index contributed by atoms with van der Waals surface area (Å²) in [6, 6.07) is 9.24. The van der Waals surface area contributed by atoms with Crippen molar-refractivity contribution in [2.75, 3.05) is 4.43 Å². The van der Waals surface area contributed by atoms with Gasteiger partial charge in [-0.25, -0.2) is 0 Å². The highest BCUT2D eigenvalue weighted by Gasteiger charge is 2.37. The number of benzene rings is 1. The van der Waals surface area contributed by atoms with Gasteiger partial charge in [-0.05, 0) is 5.56 Å². The second kappa shape index (κ2) is 5.41. The lowest BCUT2D eigenvalue weighted by Crippen LogP contribution is -2.32. The Hall–Kier alpha value is 0.780. The maximum absolute atomic E-state index is 10.4. The Labute approximate surface area is 118 Å². The van der Waals surface area contributed by atoms with Gasteiger partial charge in [0.2, 0.25) is 0 Å². The van der Waals surface area contributed by atoms with Gasteiger partial charge in [-0.15, -0.1) is 0 Å². The molecule has 1 aromatic carbocycles. The van der Waals surface area contributed by atoms with Gasteiger partial charge in [0, 0.05) is 10.8 Å². The molecule has 0 heterocycles. The Morgan fingerprint density at radius 2 is 1.67 bits per heavy atom. The van der Waals surface area contributed by atoms with E-state index >= 15 is 0 Å². The van der Waals surface area contributed by atoms with Crippen molar-refractivity contribution in [2.24, 2.45) is 0 Å². The third-order valence-electron chi connectivity index (χ3n) is 2.03. The van der Waals surface area contributed by atoms with Gasteiger partial charge in [0.05, 0.1) is 0 Å². The first-order chi connectivity index (χ1) is 6.87. The molecule has 0 fully saturated rings. The third kappa shape index (κ3) is 4.27.